The van der Waals surface area contributed by atoms with E-state index in [-0.39, 0.29) is 5.91 Å². The molecule has 1 aliphatic heterocycles. The van der Waals surface area contributed by atoms with Gasteiger partial charge in [-0.05, 0) is 43.2 Å². The van der Waals surface area contributed by atoms with Crippen molar-refractivity contribution in [3.8, 4) is 0 Å². The smallest absolute Gasteiger partial charge is 0.255 e. The van der Waals surface area contributed by atoms with Gasteiger partial charge in [0.25, 0.3) is 5.91 Å². The fourth-order valence-corrected chi connectivity index (χ4v) is 3.47. The number of allylic oxidation sites excluding steroid dienone is 1. The lowest BCUT2D eigenvalue weighted by Crippen LogP contribution is -2.31. The summed E-state index contributed by atoms with van der Waals surface area (Å²) in [6.45, 7) is 3.82. The van der Waals surface area contributed by atoms with Gasteiger partial charge in [0, 0.05) is 16.4 Å². The van der Waals surface area contributed by atoms with E-state index in [4.69, 9.17) is 11.6 Å². The number of amides is 1. The van der Waals surface area contributed by atoms with Crippen LogP contribution in [-0.2, 0) is 4.79 Å². The summed E-state index contributed by atoms with van der Waals surface area (Å²) in [5.41, 5.74) is 3.93. The van der Waals surface area contributed by atoms with E-state index in [2.05, 4.69) is 20.7 Å². The van der Waals surface area contributed by atoms with Gasteiger partial charge in [-0.1, -0.05) is 41.9 Å². The summed E-state index contributed by atoms with van der Waals surface area (Å²) in [6, 6.07) is 14.7. The van der Waals surface area contributed by atoms with Crippen molar-refractivity contribution >= 4 is 29.1 Å². The van der Waals surface area contributed by atoms with Crippen molar-refractivity contribution in [2.75, 3.05) is 10.6 Å². The Labute approximate surface area is 161 Å². The molecule has 0 fully saturated rings. The summed E-state index contributed by atoms with van der Waals surface area (Å²) in [7, 11) is 0. The summed E-state index contributed by atoms with van der Waals surface area (Å²) in [5, 5.41) is 11.1. The van der Waals surface area contributed by atoms with Gasteiger partial charge in [-0.3, -0.25) is 4.79 Å². The molecule has 0 bridgehead atoms. The molecule has 2 aromatic carbocycles. The first kappa shape index (κ1) is 17.3. The highest BCUT2D eigenvalue weighted by molar-refractivity contribution is 6.30. The first-order chi connectivity index (χ1) is 13.0. The maximum atomic E-state index is 13.2. The van der Waals surface area contributed by atoms with Crippen LogP contribution >= 0.6 is 11.6 Å². The standard InChI is InChI=1S/C20H18ClN5O/c1-12-6-3-4-9-16(12)25-19(27)17-13(2)24-20-22-11-23-26(20)18(17)14-7-5-8-15(21)10-14/h3-11,18H,1-2H3,(H,25,27)(H,22,23,24)/t18-/m0/s1. The number of hydrogen-bond donors (Lipinski definition) is 2. The summed E-state index contributed by atoms with van der Waals surface area (Å²) in [6.07, 6.45) is 1.47. The zero-order chi connectivity index (χ0) is 19.0. The normalized spacial score (nSPS) is 15.9. The van der Waals surface area contributed by atoms with Crippen molar-refractivity contribution in [1.29, 1.82) is 0 Å². The molecule has 2 N–H and O–H groups in total. The van der Waals surface area contributed by atoms with Gasteiger partial charge < -0.3 is 10.6 Å². The number of hydrogen-bond acceptors (Lipinski definition) is 4. The van der Waals surface area contributed by atoms with Crippen LogP contribution in [0.25, 0.3) is 0 Å². The largest absolute Gasteiger partial charge is 0.328 e. The second kappa shape index (κ2) is 6.89. The van der Waals surface area contributed by atoms with Crippen molar-refractivity contribution < 1.29 is 4.79 Å². The summed E-state index contributed by atoms with van der Waals surface area (Å²) >= 11 is 6.20. The predicted octanol–water partition coefficient (Wildman–Crippen LogP) is 4.17. The van der Waals surface area contributed by atoms with Crippen LogP contribution in [0.2, 0.25) is 5.02 Å². The van der Waals surface area contributed by atoms with E-state index in [1.807, 2.05) is 56.3 Å². The molecule has 3 aromatic rings. The Hall–Kier alpha value is -3.12. The van der Waals surface area contributed by atoms with Crippen molar-refractivity contribution in [3.63, 3.8) is 0 Å². The second-order valence-electron chi connectivity index (χ2n) is 6.42. The topological polar surface area (TPSA) is 71.8 Å². The van der Waals surface area contributed by atoms with E-state index in [9.17, 15) is 4.79 Å². The van der Waals surface area contributed by atoms with E-state index in [1.54, 1.807) is 10.7 Å². The Balaban J connectivity index is 1.79. The third kappa shape index (κ3) is 3.19. The molecule has 0 saturated heterocycles. The molecule has 0 radical (unpaired) electrons. The lowest BCUT2D eigenvalue weighted by atomic mass is 9.95. The van der Waals surface area contributed by atoms with Crippen molar-refractivity contribution in [2.45, 2.75) is 19.9 Å². The van der Waals surface area contributed by atoms with Crippen LogP contribution in [0.15, 0.2) is 66.1 Å². The Kier molecular flexibility index (Phi) is 4.41. The number of carbonyl (C=O) groups excluding carboxylic acids is 1. The maximum Gasteiger partial charge on any atom is 0.255 e. The number of aryl methyl sites for hydroxylation is 1. The maximum absolute atomic E-state index is 13.2. The summed E-state index contributed by atoms with van der Waals surface area (Å²) in [4.78, 5) is 17.5. The number of anilines is 2. The zero-order valence-corrected chi connectivity index (χ0v) is 15.7. The van der Waals surface area contributed by atoms with Crippen molar-refractivity contribution in [2.24, 2.45) is 0 Å². The molecule has 1 amide bonds. The average molecular weight is 380 g/mol. The quantitative estimate of drug-likeness (QED) is 0.716. The van der Waals surface area contributed by atoms with Crippen LogP contribution in [0.1, 0.15) is 24.1 Å². The van der Waals surface area contributed by atoms with Gasteiger partial charge in [0.05, 0.1) is 5.57 Å². The second-order valence-corrected chi connectivity index (χ2v) is 6.85. The molecule has 136 valence electrons. The molecular weight excluding hydrogens is 362 g/mol. The van der Waals surface area contributed by atoms with Crippen LogP contribution in [0.3, 0.4) is 0 Å². The van der Waals surface area contributed by atoms with Gasteiger partial charge in [-0.15, -0.1) is 0 Å². The molecule has 1 aromatic heterocycles. The number of halogens is 1. The summed E-state index contributed by atoms with van der Waals surface area (Å²) < 4.78 is 1.70. The number of para-hydroxylation sites is 1. The molecule has 1 aliphatic rings. The highest BCUT2D eigenvalue weighted by Crippen LogP contribution is 2.36. The molecule has 0 aliphatic carbocycles. The van der Waals surface area contributed by atoms with Gasteiger partial charge in [-0.25, -0.2) is 4.68 Å². The Morgan fingerprint density at radius 3 is 2.78 bits per heavy atom. The Morgan fingerprint density at radius 1 is 1.19 bits per heavy atom. The highest BCUT2D eigenvalue weighted by atomic mass is 35.5. The lowest BCUT2D eigenvalue weighted by molar-refractivity contribution is -0.113. The van der Waals surface area contributed by atoms with E-state index in [0.29, 0.717) is 16.5 Å². The van der Waals surface area contributed by atoms with Gasteiger partial charge >= 0.3 is 0 Å². The van der Waals surface area contributed by atoms with Crippen LogP contribution in [-0.4, -0.2) is 20.7 Å². The van der Waals surface area contributed by atoms with Crippen molar-refractivity contribution in [3.05, 3.63) is 82.3 Å². The third-order valence-corrected chi connectivity index (χ3v) is 4.83. The van der Waals surface area contributed by atoms with Crippen LogP contribution < -0.4 is 10.6 Å². The van der Waals surface area contributed by atoms with Gasteiger partial charge in [0.15, 0.2) is 0 Å². The molecule has 4 rings (SSSR count). The number of nitrogens with one attached hydrogen (secondary N) is 2. The van der Waals surface area contributed by atoms with E-state index >= 15 is 0 Å². The first-order valence-electron chi connectivity index (χ1n) is 8.54. The highest BCUT2D eigenvalue weighted by Gasteiger charge is 2.33. The van der Waals surface area contributed by atoms with Crippen LogP contribution in [0.4, 0.5) is 11.6 Å². The number of nitrogens with zero attached hydrogens (tertiary/aromatic N) is 3. The zero-order valence-electron chi connectivity index (χ0n) is 14.9. The third-order valence-electron chi connectivity index (χ3n) is 4.60. The number of rotatable bonds is 3. The summed E-state index contributed by atoms with van der Waals surface area (Å²) in [5.74, 6) is 0.394. The van der Waals surface area contributed by atoms with E-state index in [0.717, 1.165) is 22.5 Å². The molecule has 0 unspecified atom stereocenters. The Bertz CT molecular complexity index is 1060. The lowest BCUT2D eigenvalue weighted by Gasteiger charge is -2.29. The minimum Gasteiger partial charge on any atom is -0.328 e. The van der Waals surface area contributed by atoms with Crippen LogP contribution in [0, 0.1) is 6.92 Å². The van der Waals surface area contributed by atoms with Crippen LogP contribution in [0.5, 0.6) is 0 Å². The van der Waals surface area contributed by atoms with Gasteiger partial charge in [0.2, 0.25) is 5.95 Å². The minimum absolute atomic E-state index is 0.194. The van der Waals surface area contributed by atoms with Gasteiger partial charge in [-0.2, -0.15) is 10.1 Å². The molecule has 2 heterocycles. The minimum atomic E-state index is -0.425. The van der Waals surface area contributed by atoms with E-state index in [1.165, 1.54) is 6.33 Å². The number of carbonyl (C=O) groups is 1. The fraction of sp³-hybridized carbons (Fsp3) is 0.150. The molecule has 7 heteroatoms. The molecule has 1 atom stereocenters. The predicted molar refractivity (Wildman–Crippen MR) is 106 cm³/mol. The fourth-order valence-electron chi connectivity index (χ4n) is 3.27. The van der Waals surface area contributed by atoms with Crippen molar-refractivity contribution in [1.82, 2.24) is 14.8 Å². The molecule has 0 spiro atoms. The monoisotopic (exact) mass is 379 g/mol. The molecule has 6 nitrogen and oxygen atoms in total. The van der Waals surface area contributed by atoms with E-state index < -0.39 is 6.04 Å². The number of aromatic nitrogens is 3. The number of benzene rings is 2. The number of fused-ring (bicyclic) bond motifs is 1. The van der Waals surface area contributed by atoms with Gasteiger partial charge in [0.1, 0.15) is 12.4 Å². The molecular formula is C20H18ClN5O. The SMILES string of the molecule is CC1=C(C(=O)Nc2ccccc2C)[C@H](c2cccc(Cl)c2)n2ncnc2N1. The Morgan fingerprint density at radius 2 is 2.00 bits per heavy atom. The first-order valence-corrected chi connectivity index (χ1v) is 8.92. The molecule has 0 saturated carbocycles. The average Bonchev–Trinajstić information content (AvgIpc) is 3.10. The molecule has 27 heavy (non-hydrogen) atoms.